The molecule has 1 fully saturated rings. The Kier molecular flexibility index (Phi) is 7.56. The first kappa shape index (κ1) is 20.9. The van der Waals surface area contributed by atoms with Crippen molar-refractivity contribution in [3.05, 3.63) is 52.5 Å². The molecule has 5 nitrogen and oxygen atoms in total. The van der Waals surface area contributed by atoms with E-state index < -0.39 is 5.82 Å². The number of nitrogens with zero attached hydrogens (tertiary/aromatic N) is 2. The van der Waals surface area contributed by atoms with Gasteiger partial charge in [0.25, 0.3) is 0 Å². The van der Waals surface area contributed by atoms with Gasteiger partial charge in [-0.2, -0.15) is 5.06 Å². The normalized spacial score (nSPS) is 20.2. The second-order valence-corrected chi connectivity index (χ2v) is 8.05. The maximum atomic E-state index is 14.1. The molecule has 1 aliphatic rings. The molecule has 0 unspecified atom stereocenters. The van der Waals surface area contributed by atoms with Gasteiger partial charge >= 0.3 is 0 Å². The van der Waals surface area contributed by atoms with Crippen LogP contribution in [0.4, 0.5) is 10.1 Å². The highest BCUT2D eigenvalue weighted by Gasteiger charge is 2.30. The molecular weight excluding hydrogens is 379 g/mol. The van der Waals surface area contributed by atoms with Gasteiger partial charge < -0.3 is 9.64 Å². The molecule has 0 radical (unpaired) electrons. The van der Waals surface area contributed by atoms with E-state index in [-0.39, 0.29) is 23.6 Å². The third-order valence-electron chi connectivity index (χ3n) is 5.11. The Hall–Kier alpha value is -1.80. The molecular formula is C21H27FN2O3S. The van der Waals surface area contributed by atoms with E-state index in [1.54, 1.807) is 30.6 Å². The van der Waals surface area contributed by atoms with Gasteiger partial charge in [-0.3, -0.25) is 9.63 Å². The van der Waals surface area contributed by atoms with Crippen molar-refractivity contribution in [2.75, 3.05) is 38.4 Å². The lowest BCUT2D eigenvalue weighted by molar-refractivity contribution is -0.126. The van der Waals surface area contributed by atoms with Crippen LogP contribution >= 0.6 is 11.3 Å². The molecule has 2 heterocycles. The summed E-state index contributed by atoms with van der Waals surface area (Å²) in [6.07, 6.45) is 1.97. The van der Waals surface area contributed by atoms with Gasteiger partial charge in [0.1, 0.15) is 11.5 Å². The number of hydrogen-bond acceptors (Lipinski definition) is 5. The van der Waals surface area contributed by atoms with Crippen molar-refractivity contribution in [2.45, 2.75) is 25.9 Å². The molecule has 28 heavy (non-hydrogen) atoms. The van der Waals surface area contributed by atoms with Gasteiger partial charge in [0.2, 0.25) is 5.91 Å². The van der Waals surface area contributed by atoms with E-state index in [9.17, 15) is 9.18 Å². The van der Waals surface area contributed by atoms with Gasteiger partial charge in [0, 0.05) is 37.9 Å². The van der Waals surface area contributed by atoms with E-state index >= 15 is 0 Å². The molecule has 7 heteroatoms. The summed E-state index contributed by atoms with van der Waals surface area (Å²) in [6, 6.07) is 10.4. The second kappa shape index (κ2) is 10.1. The summed E-state index contributed by atoms with van der Waals surface area (Å²) < 4.78 is 19.8. The van der Waals surface area contributed by atoms with E-state index in [1.807, 2.05) is 0 Å². The van der Waals surface area contributed by atoms with Crippen LogP contribution in [0.5, 0.6) is 0 Å². The fourth-order valence-corrected chi connectivity index (χ4v) is 4.23. The number of likely N-dealkylation sites (tertiary alicyclic amines) is 1. The Labute approximate surface area is 169 Å². The number of hydrogen-bond donors (Lipinski definition) is 0. The maximum absolute atomic E-state index is 14.1. The van der Waals surface area contributed by atoms with Crippen LogP contribution in [-0.4, -0.2) is 50.3 Å². The van der Waals surface area contributed by atoms with Crippen molar-refractivity contribution in [3.8, 4) is 0 Å². The zero-order valence-corrected chi connectivity index (χ0v) is 17.2. The van der Waals surface area contributed by atoms with Crippen LogP contribution in [0.2, 0.25) is 0 Å². The number of amides is 1. The predicted molar refractivity (Wildman–Crippen MR) is 109 cm³/mol. The number of anilines is 1. The summed E-state index contributed by atoms with van der Waals surface area (Å²) >= 11 is 1.79. The molecule has 0 saturated carbocycles. The average molecular weight is 407 g/mol. The van der Waals surface area contributed by atoms with Crippen molar-refractivity contribution in [3.63, 3.8) is 0 Å². The third kappa shape index (κ3) is 5.38. The molecule has 3 rings (SSSR count). The molecule has 0 bridgehead atoms. The Morgan fingerprint density at radius 1 is 1.32 bits per heavy atom. The minimum atomic E-state index is -0.482. The average Bonchev–Trinajstić information content (AvgIpc) is 3.21. The van der Waals surface area contributed by atoms with Gasteiger partial charge in [-0.15, -0.1) is 11.3 Å². The van der Waals surface area contributed by atoms with Gasteiger partial charge in [0.05, 0.1) is 12.7 Å². The van der Waals surface area contributed by atoms with Gasteiger partial charge in [-0.05, 0) is 43.0 Å². The molecule has 1 aromatic carbocycles. The van der Waals surface area contributed by atoms with E-state index in [0.717, 1.165) is 37.5 Å². The Balaban J connectivity index is 1.55. The Morgan fingerprint density at radius 3 is 2.82 bits per heavy atom. The van der Waals surface area contributed by atoms with Crippen LogP contribution in [0.15, 0.2) is 41.8 Å². The zero-order chi connectivity index (χ0) is 19.9. The summed E-state index contributed by atoms with van der Waals surface area (Å²) in [5.41, 5.74) is 0.136. The first-order valence-corrected chi connectivity index (χ1v) is 10.4. The summed E-state index contributed by atoms with van der Waals surface area (Å²) in [5.74, 6) is -0.687. The van der Waals surface area contributed by atoms with Crippen LogP contribution in [0.3, 0.4) is 0 Å². The number of thiophene rings is 1. The molecule has 2 aromatic rings. The number of para-hydroxylation sites is 1. The lowest BCUT2D eigenvalue weighted by atomic mass is 9.94. The molecule has 0 aliphatic carbocycles. The monoisotopic (exact) mass is 406 g/mol. The molecule has 0 N–H and O–H groups in total. The Morgan fingerprint density at radius 2 is 2.14 bits per heavy atom. The minimum Gasteiger partial charge on any atom is -0.380 e. The number of hydroxylamine groups is 1. The molecule has 0 spiro atoms. The predicted octanol–water partition coefficient (Wildman–Crippen LogP) is 3.75. The fourth-order valence-electron chi connectivity index (χ4n) is 3.53. The number of carbonyl (C=O) groups is 1. The minimum absolute atomic E-state index is 0.0199. The Bertz CT molecular complexity index is 756. The first-order valence-electron chi connectivity index (χ1n) is 9.54. The molecule has 1 aromatic heterocycles. The summed E-state index contributed by atoms with van der Waals surface area (Å²) in [4.78, 5) is 21.5. The second-order valence-electron chi connectivity index (χ2n) is 7.01. The van der Waals surface area contributed by atoms with Gasteiger partial charge in [-0.1, -0.05) is 18.2 Å². The topological polar surface area (TPSA) is 42.0 Å². The molecule has 1 aliphatic heterocycles. The standard InChI is InChI=1S/C21H27FN2O3S/c1-16(25)24(20-8-4-3-7-19(20)22)27-15-17-9-11-23(14-21(17)26-2)12-10-18-6-5-13-28-18/h3-8,13,17,21H,9-12,14-15H2,1-2H3/t17-,21+/m1/s1. The maximum Gasteiger partial charge on any atom is 0.247 e. The van der Waals surface area contributed by atoms with E-state index in [1.165, 1.54) is 23.9 Å². The summed E-state index contributed by atoms with van der Waals surface area (Å²) in [7, 11) is 1.71. The van der Waals surface area contributed by atoms with Crippen molar-refractivity contribution >= 4 is 22.9 Å². The molecule has 1 saturated heterocycles. The van der Waals surface area contributed by atoms with Crippen LogP contribution in [0, 0.1) is 11.7 Å². The van der Waals surface area contributed by atoms with Gasteiger partial charge in [0.15, 0.2) is 0 Å². The van der Waals surface area contributed by atoms with E-state index in [2.05, 4.69) is 22.4 Å². The van der Waals surface area contributed by atoms with Crippen molar-refractivity contribution in [1.29, 1.82) is 0 Å². The molecule has 1 amide bonds. The van der Waals surface area contributed by atoms with E-state index in [0.29, 0.717) is 6.61 Å². The molecule has 2 atom stereocenters. The number of benzene rings is 1. The first-order chi connectivity index (χ1) is 13.6. The third-order valence-corrected chi connectivity index (χ3v) is 6.05. The smallest absolute Gasteiger partial charge is 0.247 e. The summed E-state index contributed by atoms with van der Waals surface area (Å²) in [6.45, 7) is 4.47. The van der Waals surface area contributed by atoms with E-state index in [4.69, 9.17) is 9.57 Å². The quantitative estimate of drug-likeness (QED) is 0.626. The molecule has 152 valence electrons. The lowest BCUT2D eigenvalue weighted by Crippen LogP contribution is -2.47. The van der Waals surface area contributed by atoms with Crippen molar-refractivity contribution in [1.82, 2.24) is 4.90 Å². The SMILES string of the molecule is CO[C@H]1CN(CCc2cccs2)CC[C@@H]1CON(C(C)=O)c1ccccc1F. The number of halogens is 1. The van der Waals surface area contributed by atoms with Crippen LogP contribution in [-0.2, 0) is 20.8 Å². The number of carbonyl (C=O) groups excluding carboxylic acids is 1. The van der Waals surface area contributed by atoms with Crippen molar-refractivity contribution in [2.24, 2.45) is 5.92 Å². The number of ether oxygens (including phenoxy) is 1. The number of rotatable bonds is 8. The lowest BCUT2D eigenvalue weighted by Gasteiger charge is -2.38. The van der Waals surface area contributed by atoms with Crippen LogP contribution in [0.1, 0.15) is 18.2 Å². The highest BCUT2D eigenvalue weighted by molar-refractivity contribution is 7.09. The fraction of sp³-hybridized carbons (Fsp3) is 0.476. The highest BCUT2D eigenvalue weighted by atomic mass is 32.1. The van der Waals surface area contributed by atoms with Crippen LogP contribution < -0.4 is 5.06 Å². The largest absolute Gasteiger partial charge is 0.380 e. The zero-order valence-electron chi connectivity index (χ0n) is 16.3. The van der Waals surface area contributed by atoms with Crippen LogP contribution in [0.25, 0.3) is 0 Å². The van der Waals surface area contributed by atoms with Gasteiger partial charge in [-0.25, -0.2) is 4.39 Å². The highest BCUT2D eigenvalue weighted by Crippen LogP contribution is 2.24. The number of methoxy groups -OCH3 is 1. The summed E-state index contributed by atoms with van der Waals surface area (Å²) in [5, 5.41) is 3.15. The van der Waals surface area contributed by atoms with Crippen molar-refractivity contribution < 1.29 is 18.8 Å². The number of piperidine rings is 1.